The molecule has 11 heteroatoms. The van der Waals surface area contributed by atoms with Crippen LogP contribution in [0, 0.1) is 0 Å². The van der Waals surface area contributed by atoms with Crippen molar-refractivity contribution in [1.82, 2.24) is 10.2 Å². The number of carbonyl (C=O) groups excluding carboxylic acids is 3. The van der Waals surface area contributed by atoms with Gasteiger partial charge in [-0.1, -0.05) is 54.2 Å². The van der Waals surface area contributed by atoms with Gasteiger partial charge in [-0.2, -0.15) is 0 Å². The second-order valence-corrected chi connectivity index (χ2v) is 12.0. The Morgan fingerprint density at radius 2 is 1.73 bits per heavy atom. The lowest BCUT2D eigenvalue weighted by molar-refractivity contribution is -0.139. The average Bonchev–Trinajstić information content (AvgIpc) is 3.35. The Hall–Kier alpha value is -2.62. The molecular formula is C26H31Cl2N3O5S. The quantitative estimate of drug-likeness (QED) is 0.427. The predicted octanol–water partition coefficient (Wildman–Crippen LogP) is 4.44. The second kappa shape index (κ2) is 12.3. The van der Waals surface area contributed by atoms with E-state index in [4.69, 9.17) is 23.2 Å². The van der Waals surface area contributed by atoms with Gasteiger partial charge in [0, 0.05) is 18.2 Å². The minimum Gasteiger partial charge on any atom is -0.352 e. The first-order valence-corrected chi connectivity index (χ1v) is 14.6. The molecule has 1 aliphatic carbocycles. The third kappa shape index (κ3) is 7.69. The maximum absolute atomic E-state index is 13.6. The van der Waals surface area contributed by atoms with Crippen LogP contribution in [0.2, 0.25) is 10.0 Å². The molecule has 2 aromatic rings. The first-order valence-electron chi connectivity index (χ1n) is 12.0. The van der Waals surface area contributed by atoms with Gasteiger partial charge in [0.05, 0.1) is 22.0 Å². The van der Waals surface area contributed by atoms with Gasteiger partial charge in [-0.3, -0.25) is 18.7 Å². The highest BCUT2D eigenvalue weighted by Gasteiger charge is 2.31. The molecule has 0 heterocycles. The molecule has 37 heavy (non-hydrogen) atoms. The van der Waals surface area contributed by atoms with Crippen LogP contribution in [0.15, 0.2) is 42.5 Å². The predicted molar refractivity (Wildman–Crippen MR) is 146 cm³/mol. The van der Waals surface area contributed by atoms with Gasteiger partial charge in [-0.05, 0) is 56.5 Å². The van der Waals surface area contributed by atoms with Crippen LogP contribution in [-0.2, 0) is 26.2 Å². The largest absolute Gasteiger partial charge is 0.352 e. The molecule has 1 fully saturated rings. The highest BCUT2D eigenvalue weighted by Crippen LogP contribution is 2.25. The third-order valence-corrected chi connectivity index (χ3v) is 8.31. The highest BCUT2D eigenvalue weighted by molar-refractivity contribution is 7.92. The van der Waals surface area contributed by atoms with Crippen molar-refractivity contribution < 1.29 is 22.8 Å². The van der Waals surface area contributed by atoms with E-state index in [1.54, 1.807) is 37.3 Å². The van der Waals surface area contributed by atoms with Crippen LogP contribution in [-0.4, -0.2) is 55.8 Å². The lowest BCUT2D eigenvalue weighted by atomic mass is 10.1. The SMILES string of the molecule is CC(=O)c1cccc(N(CC(=O)N(Cc2ccc(Cl)c(Cl)c2)C(C)C(=O)NC2CCCC2)S(C)(=O)=O)c1. The molecule has 3 rings (SSSR count). The molecule has 1 N–H and O–H groups in total. The van der Waals surface area contributed by atoms with Gasteiger partial charge >= 0.3 is 0 Å². The number of hydrogen-bond acceptors (Lipinski definition) is 5. The monoisotopic (exact) mass is 567 g/mol. The van der Waals surface area contributed by atoms with Crippen LogP contribution < -0.4 is 9.62 Å². The number of Topliss-reactive ketones (excluding diaryl/α,β-unsaturated/α-hetero) is 1. The fourth-order valence-corrected chi connectivity index (χ4v) is 5.47. The zero-order valence-corrected chi connectivity index (χ0v) is 23.4. The van der Waals surface area contributed by atoms with Gasteiger partial charge in [0.15, 0.2) is 5.78 Å². The summed E-state index contributed by atoms with van der Waals surface area (Å²) in [5.74, 6) is -1.14. The number of nitrogens with zero attached hydrogens (tertiary/aromatic N) is 2. The van der Waals surface area contributed by atoms with Crippen LogP contribution in [0.3, 0.4) is 0 Å². The van der Waals surface area contributed by atoms with Crippen LogP contribution in [0.25, 0.3) is 0 Å². The normalized spacial score (nSPS) is 14.7. The Labute approximate surface area is 228 Å². The van der Waals surface area contributed by atoms with E-state index in [9.17, 15) is 22.8 Å². The average molecular weight is 569 g/mol. The second-order valence-electron chi connectivity index (χ2n) is 9.31. The van der Waals surface area contributed by atoms with E-state index in [1.165, 1.54) is 24.0 Å². The Morgan fingerprint density at radius 3 is 2.32 bits per heavy atom. The van der Waals surface area contributed by atoms with Gasteiger partial charge in [0.25, 0.3) is 0 Å². The summed E-state index contributed by atoms with van der Waals surface area (Å²) in [5.41, 5.74) is 1.13. The number of hydrogen-bond donors (Lipinski definition) is 1. The number of nitrogens with one attached hydrogen (secondary N) is 1. The highest BCUT2D eigenvalue weighted by atomic mass is 35.5. The van der Waals surface area contributed by atoms with E-state index < -0.39 is 28.5 Å². The van der Waals surface area contributed by atoms with Crippen molar-refractivity contribution in [2.75, 3.05) is 17.1 Å². The number of benzene rings is 2. The summed E-state index contributed by atoms with van der Waals surface area (Å²) < 4.78 is 26.3. The van der Waals surface area contributed by atoms with E-state index >= 15 is 0 Å². The molecular weight excluding hydrogens is 537 g/mol. The van der Waals surface area contributed by atoms with Gasteiger partial charge < -0.3 is 10.2 Å². The zero-order chi connectivity index (χ0) is 27.3. The molecule has 1 aliphatic rings. The maximum Gasteiger partial charge on any atom is 0.244 e. The summed E-state index contributed by atoms with van der Waals surface area (Å²) in [6.45, 7) is 2.45. The number of halogens is 2. The van der Waals surface area contributed by atoms with Crippen LogP contribution in [0.1, 0.15) is 55.5 Å². The summed E-state index contributed by atoms with van der Waals surface area (Å²) in [6, 6.07) is 10.1. The van der Waals surface area contributed by atoms with E-state index in [1.807, 2.05) is 0 Å². The number of amides is 2. The van der Waals surface area contributed by atoms with Crippen molar-refractivity contribution in [1.29, 1.82) is 0 Å². The topological polar surface area (TPSA) is 104 Å². The van der Waals surface area contributed by atoms with Crippen molar-refractivity contribution in [3.63, 3.8) is 0 Å². The molecule has 0 saturated heterocycles. The first kappa shape index (κ1) is 28.9. The maximum atomic E-state index is 13.6. The van der Waals surface area contributed by atoms with E-state index in [2.05, 4.69) is 5.32 Å². The Kier molecular flexibility index (Phi) is 9.61. The summed E-state index contributed by atoms with van der Waals surface area (Å²) in [4.78, 5) is 39.9. The first-order chi connectivity index (χ1) is 17.4. The minimum absolute atomic E-state index is 0.0140. The van der Waals surface area contributed by atoms with Crippen molar-refractivity contribution in [3.8, 4) is 0 Å². The summed E-state index contributed by atoms with van der Waals surface area (Å²) in [7, 11) is -3.90. The van der Waals surface area contributed by atoms with E-state index in [-0.39, 0.29) is 30.0 Å². The third-order valence-electron chi connectivity index (χ3n) is 6.43. The molecule has 0 spiro atoms. The minimum atomic E-state index is -3.90. The molecule has 2 amide bonds. The Morgan fingerprint density at radius 1 is 1.05 bits per heavy atom. The van der Waals surface area contributed by atoms with Crippen molar-refractivity contribution in [2.24, 2.45) is 0 Å². The fraction of sp³-hybridized carbons (Fsp3) is 0.423. The molecule has 0 aliphatic heterocycles. The van der Waals surface area contributed by atoms with Crippen molar-refractivity contribution in [2.45, 2.75) is 58.2 Å². The smallest absolute Gasteiger partial charge is 0.244 e. The lowest BCUT2D eigenvalue weighted by Crippen LogP contribution is -2.52. The molecule has 0 bridgehead atoms. The molecule has 1 unspecified atom stereocenters. The van der Waals surface area contributed by atoms with Crippen molar-refractivity contribution in [3.05, 3.63) is 63.6 Å². The summed E-state index contributed by atoms with van der Waals surface area (Å²) >= 11 is 12.2. The van der Waals surface area contributed by atoms with Gasteiger partial charge in [0.2, 0.25) is 21.8 Å². The van der Waals surface area contributed by atoms with E-state index in [0.717, 1.165) is 36.2 Å². The summed E-state index contributed by atoms with van der Waals surface area (Å²) in [5, 5.41) is 3.66. The van der Waals surface area contributed by atoms with Gasteiger partial charge in [-0.25, -0.2) is 8.42 Å². The number of rotatable bonds is 10. The number of ketones is 1. The molecule has 2 aromatic carbocycles. The van der Waals surface area contributed by atoms with Crippen LogP contribution in [0.5, 0.6) is 0 Å². The Balaban J connectivity index is 1.92. The number of anilines is 1. The molecule has 0 radical (unpaired) electrons. The van der Waals surface area contributed by atoms with E-state index in [0.29, 0.717) is 21.2 Å². The number of sulfonamides is 1. The van der Waals surface area contributed by atoms with Gasteiger partial charge in [-0.15, -0.1) is 0 Å². The lowest BCUT2D eigenvalue weighted by Gasteiger charge is -2.32. The van der Waals surface area contributed by atoms with Gasteiger partial charge in [0.1, 0.15) is 12.6 Å². The fourth-order valence-electron chi connectivity index (χ4n) is 4.30. The Bertz CT molecular complexity index is 1280. The molecule has 0 aromatic heterocycles. The molecule has 200 valence electrons. The standard InChI is InChI=1S/C26H31Cl2N3O5S/c1-17(26(34)29-21-8-4-5-9-21)30(15-19-11-12-23(27)24(28)13-19)25(33)16-31(37(3,35)36)22-10-6-7-20(14-22)18(2)32/h6-7,10-14,17,21H,4-5,8-9,15-16H2,1-3H3,(H,29,34). The molecule has 1 saturated carbocycles. The molecule has 8 nitrogen and oxygen atoms in total. The summed E-state index contributed by atoms with van der Waals surface area (Å²) in [6.07, 6.45) is 4.82. The number of carbonyl (C=O) groups is 3. The zero-order valence-electron chi connectivity index (χ0n) is 21.0. The van der Waals surface area contributed by atoms with Crippen LogP contribution in [0.4, 0.5) is 5.69 Å². The van der Waals surface area contributed by atoms with Crippen LogP contribution >= 0.6 is 23.2 Å². The van der Waals surface area contributed by atoms with Crippen molar-refractivity contribution >= 4 is 56.5 Å². The molecule has 1 atom stereocenters.